The average molecular weight is 330 g/mol. The number of nitrogens with one attached hydrogen (secondary N) is 1. The van der Waals surface area contributed by atoms with Gasteiger partial charge < -0.3 is 11.1 Å². The lowest BCUT2D eigenvalue weighted by molar-refractivity contribution is -0.383. The van der Waals surface area contributed by atoms with Crippen LogP contribution in [0.15, 0.2) is 36.5 Å². The molecule has 0 radical (unpaired) electrons. The number of amides is 1. The first kappa shape index (κ1) is 17.1. The van der Waals surface area contributed by atoms with E-state index in [-0.39, 0.29) is 28.5 Å². The van der Waals surface area contributed by atoms with Crippen LogP contribution < -0.4 is 11.1 Å². The summed E-state index contributed by atoms with van der Waals surface area (Å²) in [6, 6.07) is 5.31. The molecule has 7 nitrogen and oxygen atoms in total. The van der Waals surface area contributed by atoms with Gasteiger partial charge in [-0.05, 0) is 36.3 Å². The fourth-order valence-electron chi connectivity index (χ4n) is 2.15. The third-order valence-electron chi connectivity index (χ3n) is 3.42. The number of halogens is 1. The van der Waals surface area contributed by atoms with Gasteiger partial charge >= 0.3 is 0 Å². The van der Waals surface area contributed by atoms with E-state index in [1.54, 1.807) is 6.92 Å². The van der Waals surface area contributed by atoms with Crippen molar-refractivity contribution in [2.45, 2.75) is 6.92 Å². The van der Waals surface area contributed by atoms with E-state index in [1.165, 1.54) is 43.6 Å². The average Bonchev–Trinajstić information content (AvgIpc) is 2.55. The summed E-state index contributed by atoms with van der Waals surface area (Å²) in [6.07, 6.45) is 2.65. The molecule has 0 saturated carbocycles. The number of aromatic nitrogens is 1. The fourth-order valence-corrected chi connectivity index (χ4v) is 2.15. The van der Waals surface area contributed by atoms with Gasteiger partial charge in [0.25, 0.3) is 5.69 Å². The number of nitro groups is 1. The van der Waals surface area contributed by atoms with E-state index in [1.807, 2.05) is 0 Å². The minimum absolute atomic E-state index is 0.0901. The fraction of sp³-hybridized carbons (Fsp3) is 0.125. The number of carbonyl (C=O) groups is 1. The quantitative estimate of drug-likeness (QED) is 0.387. The normalized spacial score (nSPS) is 11.2. The van der Waals surface area contributed by atoms with Crippen LogP contribution in [0.2, 0.25) is 0 Å². The lowest BCUT2D eigenvalue weighted by Crippen LogP contribution is -2.14. The predicted molar refractivity (Wildman–Crippen MR) is 88.4 cm³/mol. The molecule has 2 rings (SSSR count). The van der Waals surface area contributed by atoms with E-state index >= 15 is 0 Å². The van der Waals surface area contributed by atoms with E-state index in [9.17, 15) is 19.3 Å². The Morgan fingerprint density at radius 1 is 1.46 bits per heavy atom. The van der Waals surface area contributed by atoms with Gasteiger partial charge in [0.05, 0.1) is 4.92 Å². The van der Waals surface area contributed by atoms with Gasteiger partial charge in [0.15, 0.2) is 0 Å². The van der Waals surface area contributed by atoms with Gasteiger partial charge in [0.2, 0.25) is 5.91 Å². The lowest BCUT2D eigenvalue weighted by Gasteiger charge is -2.10. The Bertz CT molecular complexity index is 849. The van der Waals surface area contributed by atoms with Crippen molar-refractivity contribution in [3.05, 3.63) is 58.0 Å². The summed E-state index contributed by atoms with van der Waals surface area (Å²) in [4.78, 5) is 26.0. The number of carbonyl (C=O) groups excluding carboxylic acids is 1. The highest BCUT2D eigenvalue weighted by Gasteiger charge is 2.21. The topological polar surface area (TPSA) is 111 Å². The molecule has 1 heterocycles. The van der Waals surface area contributed by atoms with Crippen molar-refractivity contribution < 1.29 is 14.1 Å². The smallest absolute Gasteiger partial charge is 0.293 e. The van der Waals surface area contributed by atoms with Crippen LogP contribution in [-0.4, -0.2) is 22.9 Å². The number of nitrogens with zero attached hydrogens (tertiary/aromatic N) is 2. The molecule has 0 unspecified atom stereocenters. The van der Waals surface area contributed by atoms with Gasteiger partial charge in [0.1, 0.15) is 17.2 Å². The molecule has 0 saturated heterocycles. The summed E-state index contributed by atoms with van der Waals surface area (Å²) >= 11 is 0. The van der Waals surface area contributed by atoms with Crippen LogP contribution in [0.5, 0.6) is 0 Å². The zero-order valence-electron chi connectivity index (χ0n) is 13.0. The SMILES string of the molecule is CNC(=O)/C=C(\C)c1cc(-c2ncccc2F)c(N)c([N+](=O)[O-])c1. The third kappa shape index (κ3) is 3.37. The first-order valence-corrected chi connectivity index (χ1v) is 6.94. The number of likely N-dealkylation sites (N-methyl/N-ethyl adjacent to an activating group) is 1. The Morgan fingerprint density at radius 3 is 2.75 bits per heavy atom. The summed E-state index contributed by atoms with van der Waals surface area (Å²) in [6.45, 7) is 1.61. The highest BCUT2D eigenvalue weighted by Crippen LogP contribution is 2.36. The predicted octanol–water partition coefficient (Wildman–Crippen LogP) is 2.53. The monoisotopic (exact) mass is 330 g/mol. The Kier molecular flexibility index (Phi) is 4.88. The van der Waals surface area contributed by atoms with Crippen molar-refractivity contribution in [2.24, 2.45) is 0 Å². The van der Waals surface area contributed by atoms with Gasteiger partial charge in [0, 0.05) is 31.0 Å². The number of nitro benzene ring substituents is 1. The van der Waals surface area contributed by atoms with Crippen molar-refractivity contribution in [2.75, 3.05) is 12.8 Å². The molecule has 0 bridgehead atoms. The van der Waals surface area contributed by atoms with Crippen molar-refractivity contribution in [1.29, 1.82) is 0 Å². The zero-order chi connectivity index (χ0) is 17.9. The molecule has 0 aliphatic heterocycles. The molecule has 24 heavy (non-hydrogen) atoms. The Morgan fingerprint density at radius 2 is 2.17 bits per heavy atom. The molecular weight excluding hydrogens is 315 g/mol. The van der Waals surface area contributed by atoms with Crippen molar-refractivity contribution in [3.8, 4) is 11.3 Å². The summed E-state index contributed by atoms with van der Waals surface area (Å²) in [5.74, 6) is -1.01. The van der Waals surface area contributed by atoms with E-state index in [0.29, 0.717) is 11.1 Å². The van der Waals surface area contributed by atoms with Crippen LogP contribution in [0.4, 0.5) is 15.8 Å². The van der Waals surface area contributed by atoms with Crippen LogP contribution in [0, 0.1) is 15.9 Å². The largest absolute Gasteiger partial charge is 0.393 e. The molecule has 3 N–H and O–H groups in total. The highest BCUT2D eigenvalue weighted by atomic mass is 19.1. The molecule has 1 aromatic heterocycles. The second-order valence-corrected chi connectivity index (χ2v) is 4.99. The number of allylic oxidation sites excluding steroid dienone is 1. The van der Waals surface area contributed by atoms with Gasteiger partial charge in [-0.3, -0.25) is 19.9 Å². The number of hydrogen-bond donors (Lipinski definition) is 2. The number of nitrogens with two attached hydrogens (primary N) is 1. The van der Waals surface area contributed by atoms with E-state index in [4.69, 9.17) is 5.73 Å². The van der Waals surface area contributed by atoms with E-state index < -0.39 is 10.7 Å². The van der Waals surface area contributed by atoms with Gasteiger partial charge in [-0.1, -0.05) is 0 Å². The minimum atomic E-state index is -0.656. The second-order valence-electron chi connectivity index (χ2n) is 4.99. The van der Waals surface area contributed by atoms with Gasteiger partial charge in [-0.2, -0.15) is 0 Å². The number of anilines is 1. The Hall–Kier alpha value is -3.29. The molecule has 0 spiro atoms. The summed E-state index contributed by atoms with van der Waals surface area (Å²) in [5, 5.41) is 13.7. The molecule has 0 fully saturated rings. The molecular formula is C16H15FN4O3. The molecule has 0 atom stereocenters. The Balaban J connectivity index is 2.72. The van der Waals surface area contributed by atoms with Gasteiger partial charge in [-0.15, -0.1) is 0 Å². The first-order chi connectivity index (χ1) is 11.3. The molecule has 124 valence electrons. The number of pyridine rings is 1. The van der Waals surface area contributed by atoms with Crippen LogP contribution in [0.3, 0.4) is 0 Å². The maximum atomic E-state index is 14.0. The maximum absolute atomic E-state index is 14.0. The van der Waals surface area contributed by atoms with Crippen molar-refractivity contribution in [1.82, 2.24) is 10.3 Å². The van der Waals surface area contributed by atoms with Crippen LogP contribution in [-0.2, 0) is 4.79 Å². The third-order valence-corrected chi connectivity index (χ3v) is 3.42. The molecule has 1 amide bonds. The standard InChI is InChI=1S/C16H15FN4O3/c1-9(6-14(22)19-2)10-7-11(15(18)13(8-10)21(23)24)16-12(17)4-3-5-20-16/h3-8H,18H2,1-2H3,(H,19,22)/b9-6+. The molecule has 0 aliphatic carbocycles. The molecule has 1 aromatic carbocycles. The number of rotatable bonds is 4. The highest BCUT2D eigenvalue weighted by molar-refractivity contribution is 5.96. The first-order valence-electron chi connectivity index (χ1n) is 6.94. The van der Waals surface area contributed by atoms with Gasteiger partial charge in [-0.25, -0.2) is 4.39 Å². The maximum Gasteiger partial charge on any atom is 0.293 e. The number of benzene rings is 1. The molecule has 8 heteroatoms. The number of nitrogen functional groups attached to an aromatic ring is 1. The minimum Gasteiger partial charge on any atom is -0.393 e. The summed E-state index contributed by atoms with van der Waals surface area (Å²) in [5.41, 5.74) is 6.12. The molecule has 2 aromatic rings. The lowest BCUT2D eigenvalue weighted by atomic mass is 9.98. The summed E-state index contributed by atoms with van der Waals surface area (Å²) < 4.78 is 14.0. The molecule has 0 aliphatic rings. The number of hydrogen-bond acceptors (Lipinski definition) is 5. The van der Waals surface area contributed by atoms with E-state index in [2.05, 4.69) is 10.3 Å². The second kappa shape index (κ2) is 6.86. The van der Waals surface area contributed by atoms with Crippen LogP contribution >= 0.6 is 0 Å². The van der Waals surface area contributed by atoms with Crippen LogP contribution in [0.25, 0.3) is 16.8 Å². The summed E-state index contributed by atoms with van der Waals surface area (Å²) in [7, 11) is 1.46. The van der Waals surface area contributed by atoms with Crippen molar-refractivity contribution >= 4 is 22.9 Å². The zero-order valence-corrected chi connectivity index (χ0v) is 13.0. The Labute approximate surface area is 137 Å². The van der Waals surface area contributed by atoms with Crippen LogP contribution in [0.1, 0.15) is 12.5 Å². The van der Waals surface area contributed by atoms with E-state index in [0.717, 1.165) is 0 Å². The van der Waals surface area contributed by atoms with Crippen molar-refractivity contribution in [3.63, 3.8) is 0 Å².